The summed E-state index contributed by atoms with van der Waals surface area (Å²) in [6.45, 7) is 1.36. The van der Waals surface area contributed by atoms with Crippen molar-refractivity contribution < 1.29 is 19.0 Å². The van der Waals surface area contributed by atoms with Crippen molar-refractivity contribution in [1.82, 2.24) is 19.8 Å². The number of nitrogens with zero attached hydrogens (tertiary/aromatic N) is 2. The van der Waals surface area contributed by atoms with Crippen LogP contribution >= 0.6 is 0 Å². The summed E-state index contributed by atoms with van der Waals surface area (Å²) in [5.74, 6) is -0.910. The van der Waals surface area contributed by atoms with Gasteiger partial charge in [0.05, 0.1) is 12.1 Å². The molecule has 2 aliphatic heterocycles. The van der Waals surface area contributed by atoms with Crippen LogP contribution < -0.4 is 10.6 Å². The molecule has 0 spiro atoms. The number of benzene rings is 4. The second-order valence-electron chi connectivity index (χ2n) is 13.4. The number of aromatic nitrogens is 2. The second kappa shape index (κ2) is 12.3. The molecular weight excluding hydrogens is 606 g/mol. The smallest absolute Gasteiger partial charge is 0.135 e. The van der Waals surface area contributed by atoms with Gasteiger partial charge in [-0.1, -0.05) is 60.7 Å². The molecule has 8 rings (SSSR count). The zero-order valence-corrected chi connectivity index (χ0v) is 26.6. The van der Waals surface area contributed by atoms with E-state index in [4.69, 9.17) is 0 Å². The Morgan fingerprint density at radius 3 is 2.08 bits per heavy atom. The maximum atomic E-state index is 15.7. The average Bonchev–Trinajstić information content (AvgIpc) is 3.94. The molecule has 4 heterocycles. The van der Waals surface area contributed by atoms with Crippen molar-refractivity contribution in [1.29, 1.82) is 0 Å². The van der Waals surface area contributed by atoms with Gasteiger partial charge in [-0.25, -0.2) is 8.78 Å². The molecule has 2 saturated heterocycles. The van der Waals surface area contributed by atoms with Crippen LogP contribution in [0.25, 0.3) is 21.8 Å². The molecule has 2 fully saturated rings. The Labute approximate surface area is 278 Å². The third-order valence-electron chi connectivity index (χ3n) is 10.8. The molecule has 246 valence electrons. The molecule has 4 aromatic carbocycles. The SMILES string of the molecule is O[C@@H]([C@@H]1CCCN1)[C@@](c1cccc(F)c1)(n1ccc2ccccc21)[C@](O)([C@@H]1CCCN1)[C@H](c1cccc(F)c1)n1ccc2ccccc21. The number of aliphatic hydroxyl groups is 2. The van der Waals surface area contributed by atoms with Crippen molar-refractivity contribution in [3.8, 4) is 0 Å². The van der Waals surface area contributed by atoms with Crippen LogP contribution in [0.1, 0.15) is 42.9 Å². The highest BCUT2D eigenvalue weighted by Gasteiger charge is 2.67. The first-order chi connectivity index (χ1) is 23.4. The minimum atomic E-state index is -1.93. The van der Waals surface area contributed by atoms with Gasteiger partial charge in [-0.15, -0.1) is 0 Å². The molecule has 2 aliphatic rings. The van der Waals surface area contributed by atoms with Gasteiger partial charge in [0.15, 0.2) is 0 Å². The first-order valence-electron chi connectivity index (χ1n) is 16.9. The summed E-state index contributed by atoms with van der Waals surface area (Å²) in [6.07, 6.45) is 5.49. The Kier molecular flexibility index (Phi) is 7.92. The first-order valence-corrected chi connectivity index (χ1v) is 16.9. The molecule has 0 amide bonds. The van der Waals surface area contributed by atoms with Gasteiger partial charge in [0.25, 0.3) is 0 Å². The Morgan fingerprint density at radius 2 is 1.38 bits per heavy atom. The standard InChI is InChI=1S/C40H40F2N4O2/c41-31-13-5-11-29(25-31)37(45-23-19-27-9-1-3-16-34(27)45)40(48,36-18-8-22-44-36)39(30-12-6-14-32(42)26-30,38(47)33-15-7-21-43-33)46-24-20-28-10-2-4-17-35(28)46/h1-6,9-14,16-17,19-20,23-26,33,36-38,43-44,47-48H,7-8,15,18,21-22H2/t33-,36-,37-,38-,39+,40-/m0/s1. The van der Waals surface area contributed by atoms with Gasteiger partial charge < -0.3 is 30.0 Å². The number of hydrogen-bond donors (Lipinski definition) is 4. The summed E-state index contributed by atoms with van der Waals surface area (Å²) in [5.41, 5.74) is -1.04. The van der Waals surface area contributed by atoms with Gasteiger partial charge in [-0.05, 0) is 109 Å². The molecule has 2 aromatic heterocycles. The van der Waals surface area contributed by atoms with Gasteiger partial charge in [0.2, 0.25) is 0 Å². The molecule has 0 radical (unpaired) electrons. The van der Waals surface area contributed by atoms with E-state index in [2.05, 4.69) is 10.6 Å². The fraction of sp³-hybridized carbons (Fsp3) is 0.300. The Hall–Kier alpha value is -4.34. The van der Waals surface area contributed by atoms with E-state index in [1.165, 1.54) is 24.3 Å². The molecule has 8 heteroatoms. The predicted molar refractivity (Wildman–Crippen MR) is 185 cm³/mol. The highest BCUT2D eigenvalue weighted by Crippen LogP contribution is 2.54. The van der Waals surface area contributed by atoms with Crippen molar-refractivity contribution in [3.05, 3.63) is 144 Å². The Bertz CT molecular complexity index is 2060. The Balaban J connectivity index is 1.56. The van der Waals surface area contributed by atoms with Crippen LogP contribution in [0.3, 0.4) is 0 Å². The minimum absolute atomic E-state index is 0.420. The lowest BCUT2D eigenvalue weighted by Gasteiger charge is -2.58. The quantitative estimate of drug-likeness (QED) is 0.145. The number of nitrogens with one attached hydrogen (secondary N) is 2. The third-order valence-corrected chi connectivity index (χ3v) is 10.8. The van der Waals surface area contributed by atoms with Crippen molar-refractivity contribution in [2.45, 2.75) is 61.1 Å². The van der Waals surface area contributed by atoms with E-state index < -0.39 is 47.0 Å². The average molecular weight is 647 g/mol. The highest BCUT2D eigenvalue weighted by molar-refractivity contribution is 5.82. The zero-order chi connectivity index (χ0) is 32.9. The van der Waals surface area contributed by atoms with Gasteiger partial charge in [-0.3, -0.25) is 0 Å². The fourth-order valence-corrected chi connectivity index (χ4v) is 8.86. The van der Waals surface area contributed by atoms with Crippen molar-refractivity contribution in [3.63, 3.8) is 0 Å². The molecule has 6 aromatic rings. The van der Waals surface area contributed by atoms with Crippen LogP contribution in [0, 0.1) is 11.6 Å². The van der Waals surface area contributed by atoms with Crippen LogP contribution in [0.2, 0.25) is 0 Å². The van der Waals surface area contributed by atoms with Crippen molar-refractivity contribution in [2.24, 2.45) is 0 Å². The van der Waals surface area contributed by atoms with Gasteiger partial charge >= 0.3 is 0 Å². The minimum Gasteiger partial charge on any atom is -0.389 e. The molecule has 48 heavy (non-hydrogen) atoms. The lowest BCUT2D eigenvalue weighted by Crippen LogP contribution is -2.74. The van der Waals surface area contributed by atoms with Crippen molar-refractivity contribution in [2.75, 3.05) is 13.1 Å². The van der Waals surface area contributed by atoms with E-state index in [0.717, 1.165) is 34.6 Å². The second-order valence-corrected chi connectivity index (χ2v) is 13.4. The molecule has 4 N–H and O–H groups in total. The van der Waals surface area contributed by atoms with Gasteiger partial charge in [-0.2, -0.15) is 0 Å². The molecule has 0 aliphatic carbocycles. The Morgan fingerprint density at radius 1 is 0.708 bits per heavy atom. The largest absolute Gasteiger partial charge is 0.389 e. The van der Waals surface area contributed by atoms with E-state index in [1.54, 1.807) is 12.1 Å². The van der Waals surface area contributed by atoms with Gasteiger partial charge in [0.1, 0.15) is 22.8 Å². The van der Waals surface area contributed by atoms with E-state index in [9.17, 15) is 10.2 Å². The van der Waals surface area contributed by atoms with Crippen LogP contribution in [0.4, 0.5) is 8.78 Å². The fourth-order valence-electron chi connectivity index (χ4n) is 8.86. The van der Waals surface area contributed by atoms with E-state index in [-0.39, 0.29) is 0 Å². The van der Waals surface area contributed by atoms with Crippen LogP contribution in [0.5, 0.6) is 0 Å². The van der Waals surface area contributed by atoms with E-state index >= 15 is 8.78 Å². The molecule has 0 unspecified atom stereocenters. The predicted octanol–water partition coefficient (Wildman–Crippen LogP) is 6.50. The molecular formula is C40H40F2N4O2. The zero-order valence-electron chi connectivity index (χ0n) is 26.6. The molecule has 6 atom stereocenters. The summed E-state index contributed by atoms with van der Waals surface area (Å²) in [6, 6.07) is 30.5. The van der Waals surface area contributed by atoms with E-state index in [1.807, 2.05) is 94.3 Å². The number of para-hydroxylation sites is 2. The first kappa shape index (κ1) is 31.0. The van der Waals surface area contributed by atoms with Crippen molar-refractivity contribution >= 4 is 21.8 Å². The monoisotopic (exact) mass is 646 g/mol. The molecule has 0 saturated carbocycles. The summed E-state index contributed by atoms with van der Waals surface area (Å²) >= 11 is 0. The number of aliphatic hydroxyl groups excluding tert-OH is 1. The van der Waals surface area contributed by atoms with Crippen LogP contribution in [-0.2, 0) is 5.54 Å². The third kappa shape index (κ3) is 4.73. The summed E-state index contributed by atoms with van der Waals surface area (Å²) in [5, 5.41) is 36.8. The number of rotatable bonds is 9. The number of hydrogen-bond acceptors (Lipinski definition) is 4. The van der Waals surface area contributed by atoms with Crippen LogP contribution in [0.15, 0.2) is 122 Å². The topological polar surface area (TPSA) is 74.4 Å². The number of fused-ring (bicyclic) bond motifs is 2. The maximum absolute atomic E-state index is 15.7. The maximum Gasteiger partial charge on any atom is 0.135 e. The summed E-state index contributed by atoms with van der Waals surface area (Å²) in [7, 11) is 0. The summed E-state index contributed by atoms with van der Waals surface area (Å²) < 4.78 is 35.0. The molecule has 0 bridgehead atoms. The highest BCUT2D eigenvalue weighted by atomic mass is 19.1. The van der Waals surface area contributed by atoms with Gasteiger partial charge in [0, 0.05) is 35.5 Å². The number of halogens is 2. The molecule has 6 nitrogen and oxygen atoms in total. The lowest BCUT2D eigenvalue weighted by molar-refractivity contribution is -0.154. The summed E-state index contributed by atoms with van der Waals surface area (Å²) in [4.78, 5) is 0. The van der Waals surface area contributed by atoms with E-state index in [0.29, 0.717) is 37.1 Å². The van der Waals surface area contributed by atoms with Crippen LogP contribution in [-0.4, -0.2) is 56.2 Å². The lowest BCUT2D eigenvalue weighted by atomic mass is 9.60. The normalized spacial score (nSPS) is 22.1.